The zero-order valence-corrected chi connectivity index (χ0v) is 19.6. The second-order valence-corrected chi connectivity index (χ2v) is 9.10. The van der Waals surface area contributed by atoms with Crippen LogP contribution in [0.15, 0.2) is 94.5 Å². The maximum Gasteiger partial charge on any atom is 0.327 e. The van der Waals surface area contributed by atoms with Crippen LogP contribution in [0.5, 0.6) is 0 Å². The predicted molar refractivity (Wildman–Crippen MR) is 140 cm³/mol. The fourth-order valence-corrected chi connectivity index (χ4v) is 5.67. The second kappa shape index (κ2) is 7.41. The van der Waals surface area contributed by atoms with E-state index in [4.69, 9.17) is 5.10 Å². The van der Waals surface area contributed by atoms with Crippen LogP contribution in [0.3, 0.4) is 0 Å². The van der Waals surface area contributed by atoms with Gasteiger partial charge >= 0.3 is 5.69 Å². The average Bonchev–Trinajstić information content (AvgIpc) is 3.40. The summed E-state index contributed by atoms with van der Waals surface area (Å²) in [5.41, 5.74) is 1.26. The lowest BCUT2D eigenvalue weighted by Crippen LogP contribution is -2.48. The summed E-state index contributed by atoms with van der Waals surface area (Å²) < 4.78 is 1.72. The van der Waals surface area contributed by atoms with Crippen LogP contribution >= 0.6 is 0 Å². The van der Waals surface area contributed by atoms with E-state index in [1.807, 2.05) is 84.9 Å². The van der Waals surface area contributed by atoms with Gasteiger partial charge in [-0.1, -0.05) is 66.7 Å². The lowest BCUT2D eigenvalue weighted by atomic mass is 9.68. The van der Waals surface area contributed by atoms with E-state index in [1.54, 1.807) is 16.6 Å². The third kappa shape index (κ3) is 2.68. The van der Waals surface area contributed by atoms with Gasteiger partial charge in [-0.15, -0.1) is 0 Å². The topological polar surface area (TPSA) is 116 Å². The number of carbonyl (C=O) groups excluding carboxylic acids is 1. The summed E-state index contributed by atoms with van der Waals surface area (Å²) in [4.78, 5) is 47.0. The molecule has 0 bridgehead atoms. The summed E-state index contributed by atoms with van der Waals surface area (Å²) in [5, 5.41) is 8.25. The molecular formula is C28H20N6O3. The summed E-state index contributed by atoms with van der Waals surface area (Å²) in [6.07, 6.45) is 0. The number of carbonyl (C=O) groups is 1. The van der Waals surface area contributed by atoms with Crippen LogP contribution in [0.2, 0.25) is 0 Å². The Labute approximate surface area is 210 Å². The highest BCUT2D eigenvalue weighted by atomic mass is 16.2. The number of para-hydroxylation sites is 2. The number of aromatic amines is 2. The SMILES string of the molecule is CN1C(=O)C2(c3ccccc31)c1c(-c3ccccc3)nn(-c3ccccc3)c1Nc1[nH]c(=O)[nH]c(=O)c12. The third-order valence-electron chi connectivity index (χ3n) is 7.16. The molecule has 1 spiro atoms. The summed E-state index contributed by atoms with van der Waals surface area (Å²) >= 11 is 0. The van der Waals surface area contributed by atoms with Crippen molar-refractivity contribution < 1.29 is 4.79 Å². The maximum atomic E-state index is 14.4. The molecule has 0 saturated carbocycles. The molecule has 1 atom stereocenters. The van der Waals surface area contributed by atoms with Crippen molar-refractivity contribution in [3.05, 3.63) is 122 Å². The third-order valence-corrected chi connectivity index (χ3v) is 7.16. The molecule has 4 heterocycles. The molecule has 1 unspecified atom stereocenters. The van der Waals surface area contributed by atoms with Crippen LogP contribution in [-0.2, 0) is 10.2 Å². The van der Waals surface area contributed by atoms with Gasteiger partial charge in [-0.05, 0) is 18.2 Å². The number of benzene rings is 3. The molecule has 1 amide bonds. The standard InChI is InChI=1S/C28H20N6O3/c1-33-19-15-9-8-14-18(19)28(26(33)36)20-22(16-10-4-2-5-11-16)32-34(17-12-6-3-7-13-17)24(20)29-23-21(28)25(35)31-27(37)30-23/h2-15H,1H3,(H3,29,30,31,35,37). The molecule has 7 rings (SSSR count). The highest BCUT2D eigenvalue weighted by Crippen LogP contribution is 2.57. The second-order valence-electron chi connectivity index (χ2n) is 9.10. The number of nitrogens with one attached hydrogen (secondary N) is 3. The molecule has 3 N–H and O–H groups in total. The molecule has 37 heavy (non-hydrogen) atoms. The summed E-state index contributed by atoms with van der Waals surface area (Å²) in [5.74, 6) is 0.355. The zero-order valence-electron chi connectivity index (χ0n) is 19.6. The highest BCUT2D eigenvalue weighted by molar-refractivity contribution is 6.16. The van der Waals surface area contributed by atoms with Crippen molar-refractivity contribution in [2.24, 2.45) is 0 Å². The van der Waals surface area contributed by atoms with Crippen molar-refractivity contribution in [3.63, 3.8) is 0 Å². The average molecular weight is 489 g/mol. The first-order chi connectivity index (χ1) is 18.0. The summed E-state index contributed by atoms with van der Waals surface area (Å²) in [6.45, 7) is 0. The number of hydrogen-bond acceptors (Lipinski definition) is 5. The van der Waals surface area contributed by atoms with E-state index in [9.17, 15) is 14.4 Å². The number of fused-ring (bicyclic) bond motifs is 6. The van der Waals surface area contributed by atoms with Crippen LogP contribution in [-0.4, -0.2) is 32.7 Å². The van der Waals surface area contributed by atoms with Gasteiger partial charge in [-0.2, -0.15) is 5.10 Å². The number of aromatic nitrogens is 4. The quantitative estimate of drug-likeness (QED) is 0.353. The van der Waals surface area contributed by atoms with Crippen LogP contribution in [0.25, 0.3) is 16.9 Å². The van der Waals surface area contributed by atoms with Gasteiger partial charge in [0.2, 0.25) is 5.91 Å². The molecule has 2 aliphatic heterocycles. The van der Waals surface area contributed by atoms with Gasteiger partial charge in [-0.3, -0.25) is 19.6 Å². The zero-order chi connectivity index (χ0) is 25.3. The van der Waals surface area contributed by atoms with Crippen molar-refractivity contribution in [1.82, 2.24) is 19.7 Å². The monoisotopic (exact) mass is 488 g/mol. The van der Waals surface area contributed by atoms with E-state index in [-0.39, 0.29) is 17.3 Å². The molecule has 0 saturated heterocycles. The van der Waals surface area contributed by atoms with E-state index in [0.29, 0.717) is 28.3 Å². The van der Waals surface area contributed by atoms with E-state index in [2.05, 4.69) is 15.3 Å². The lowest BCUT2D eigenvalue weighted by molar-refractivity contribution is -0.120. The number of H-pyrrole nitrogens is 2. The molecule has 9 nitrogen and oxygen atoms in total. The minimum Gasteiger partial charge on any atom is -0.326 e. The first-order valence-electron chi connectivity index (χ1n) is 11.8. The molecule has 0 radical (unpaired) electrons. The molecule has 2 aromatic heterocycles. The fraction of sp³-hybridized carbons (Fsp3) is 0.0714. The van der Waals surface area contributed by atoms with Gasteiger partial charge in [0.1, 0.15) is 17.1 Å². The normalized spacial score (nSPS) is 17.3. The molecule has 0 aliphatic carbocycles. The Kier molecular flexibility index (Phi) is 4.23. The maximum absolute atomic E-state index is 14.4. The van der Waals surface area contributed by atoms with E-state index < -0.39 is 16.7 Å². The molecule has 0 fully saturated rings. The Morgan fingerprint density at radius 3 is 2.22 bits per heavy atom. The van der Waals surface area contributed by atoms with Crippen LogP contribution in [0.1, 0.15) is 16.7 Å². The van der Waals surface area contributed by atoms with Crippen molar-refractivity contribution in [1.29, 1.82) is 0 Å². The molecule has 3 aromatic carbocycles. The van der Waals surface area contributed by atoms with E-state index in [0.717, 1.165) is 11.3 Å². The smallest absolute Gasteiger partial charge is 0.326 e. The van der Waals surface area contributed by atoms with Crippen molar-refractivity contribution >= 4 is 23.2 Å². The van der Waals surface area contributed by atoms with Crippen molar-refractivity contribution in [2.45, 2.75) is 5.41 Å². The summed E-state index contributed by atoms with van der Waals surface area (Å²) in [7, 11) is 1.70. The Hall–Kier alpha value is -5.18. The summed E-state index contributed by atoms with van der Waals surface area (Å²) in [6, 6.07) is 26.5. The van der Waals surface area contributed by atoms with Crippen LogP contribution < -0.4 is 21.5 Å². The van der Waals surface area contributed by atoms with Crippen LogP contribution in [0, 0.1) is 0 Å². The number of nitrogens with zero attached hydrogens (tertiary/aromatic N) is 3. The molecule has 2 aliphatic rings. The highest BCUT2D eigenvalue weighted by Gasteiger charge is 2.60. The van der Waals surface area contributed by atoms with Crippen LogP contribution in [0.4, 0.5) is 17.3 Å². The van der Waals surface area contributed by atoms with E-state index in [1.165, 1.54) is 0 Å². The van der Waals surface area contributed by atoms with Crippen molar-refractivity contribution in [3.8, 4) is 16.9 Å². The molecule has 9 heteroatoms. The first kappa shape index (κ1) is 21.1. The molecule has 5 aromatic rings. The lowest BCUT2D eigenvalue weighted by Gasteiger charge is -2.34. The van der Waals surface area contributed by atoms with Gasteiger partial charge in [0.15, 0.2) is 0 Å². The number of likely N-dealkylation sites (N-methyl/N-ethyl adjacent to an activating group) is 1. The number of amides is 1. The van der Waals surface area contributed by atoms with Crippen molar-refractivity contribution in [2.75, 3.05) is 17.3 Å². The van der Waals surface area contributed by atoms with Gasteiger partial charge in [-0.25, -0.2) is 9.48 Å². The van der Waals surface area contributed by atoms with E-state index >= 15 is 0 Å². The van der Waals surface area contributed by atoms with Gasteiger partial charge < -0.3 is 10.2 Å². The number of hydrogen-bond donors (Lipinski definition) is 3. The molecule has 180 valence electrons. The number of anilines is 3. The van der Waals surface area contributed by atoms with Gasteiger partial charge in [0.25, 0.3) is 5.56 Å². The minimum atomic E-state index is -1.54. The van der Waals surface area contributed by atoms with Gasteiger partial charge in [0.05, 0.1) is 16.9 Å². The first-order valence-corrected chi connectivity index (χ1v) is 11.8. The Bertz CT molecular complexity index is 1840. The Morgan fingerprint density at radius 1 is 0.784 bits per heavy atom. The predicted octanol–water partition coefficient (Wildman–Crippen LogP) is 3.28. The van der Waals surface area contributed by atoms with Gasteiger partial charge in [0, 0.05) is 29.4 Å². The Morgan fingerprint density at radius 2 is 1.46 bits per heavy atom. The fourth-order valence-electron chi connectivity index (χ4n) is 5.67. The largest absolute Gasteiger partial charge is 0.327 e. The molecular weight excluding hydrogens is 468 g/mol. The number of rotatable bonds is 2. The Balaban J connectivity index is 1.70. The minimum absolute atomic E-state index is 0.131.